The van der Waals surface area contributed by atoms with E-state index in [1.54, 1.807) is 0 Å². The van der Waals surface area contributed by atoms with Crippen molar-refractivity contribution in [1.82, 2.24) is 5.32 Å². The largest absolute Gasteiger partial charge is 0.444 e. The molecule has 0 aliphatic heterocycles. The van der Waals surface area contributed by atoms with Gasteiger partial charge in [-0.05, 0) is 58.3 Å². The van der Waals surface area contributed by atoms with Gasteiger partial charge in [-0.3, -0.25) is 0 Å². The lowest BCUT2D eigenvalue weighted by Gasteiger charge is -2.28. The van der Waals surface area contributed by atoms with Gasteiger partial charge < -0.3 is 10.1 Å². The molecule has 0 aromatic rings. The molecule has 0 atom stereocenters. The molecule has 1 rings (SSSR count). The molecule has 0 spiro atoms. The highest BCUT2D eigenvalue weighted by Crippen LogP contribution is 2.29. The van der Waals surface area contributed by atoms with Gasteiger partial charge in [0.05, 0.1) is 0 Å². The topological polar surface area (TPSA) is 38.3 Å². The fourth-order valence-corrected chi connectivity index (χ4v) is 2.78. The summed E-state index contributed by atoms with van der Waals surface area (Å²) in [6.45, 7) is 6.40. The maximum atomic E-state index is 11.5. The number of nitrogens with one attached hydrogen (secondary N) is 1. The molecular weight excluding hydrogens is 282 g/mol. The molecule has 1 aliphatic carbocycles. The Morgan fingerprint density at radius 2 is 1.76 bits per heavy atom. The van der Waals surface area contributed by atoms with Crippen LogP contribution in [0.3, 0.4) is 0 Å². The standard InChI is InChI=1S/C13H24BrNO2/c1-13(2,3)17-12(16)15-9-11-6-4-10(8-14)5-7-11/h10-11H,4-9H2,1-3H3,(H,15,16). The van der Waals surface area contributed by atoms with E-state index in [-0.39, 0.29) is 6.09 Å². The minimum Gasteiger partial charge on any atom is -0.444 e. The van der Waals surface area contributed by atoms with Crippen molar-refractivity contribution in [1.29, 1.82) is 0 Å². The summed E-state index contributed by atoms with van der Waals surface area (Å²) in [7, 11) is 0. The van der Waals surface area contributed by atoms with Gasteiger partial charge in [0, 0.05) is 11.9 Å². The first-order valence-electron chi connectivity index (χ1n) is 6.43. The second-order valence-electron chi connectivity index (χ2n) is 5.92. The van der Waals surface area contributed by atoms with E-state index >= 15 is 0 Å². The van der Waals surface area contributed by atoms with Crippen molar-refractivity contribution < 1.29 is 9.53 Å². The van der Waals surface area contributed by atoms with E-state index in [9.17, 15) is 4.79 Å². The van der Waals surface area contributed by atoms with Crippen LogP contribution in [0, 0.1) is 11.8 Å². The lowest BCUT2D eigenvalue weighted by molar-refractivity contribution is 0.0514. The zero-order chi connectivity index (χ0) is 12.9. The van der Waals surface area contributed by atoms with Gasteiger partial charge in [0.25, 0.3) is 0 Å². The number of halogens is 1. The van der Waals surface area contributed by atoms with Crippen LogP contribution in [-0.4, -0.2) is 23.6 Å². The Hall–Kier alpha value is -0.250. The van der Waals surface area contributed by atoms with E-state index in [2.05, 4.69) is 21.2 Å². The van der Waals surface area contributed by atoms with E-state index in [0.29, 0.717) is 5.92 Å². The molecule has 0 heterocycles. The van der Waals surface area contributed by atoms with Crippen LogP contribution in [0.15, 0.2) is 0 Å². The summed E-state index contributed by atoms with van der Waals surface area (Å²) < 4.78 is 5.21. The van der Waals surface area contributed by atoms with Gasteiger partial charge in [-0.1, -0.05) is 15.9 Å². The molecule has 3 nitrogen and oxygen atoms in total. The molecule has 1 aliphatic rings. The first-order chi connectivity index (χ1) is 7.90. The summed E-state index contributed by atoms with van der Waals surface area (Å²) >= 11 is 3.54. The highest BCUT2D eigenvalue weighted by atomic mass is 79.9. The van der Waals surface area contributed by atoms with Gasteiger partial charge >= 0.3 is 6.09 Å². The quantitative estimate of drug-likeness (QED) is 0.807. The number of rotatable bonds is 3. The van der Waals surface area contributed by atoms with Crippen LogP contribution in [0.4, 0.5) is 4.79 Å². The molecule has 0 aromatic heterocycles. The average molecular weight is 306 g/mol. The van der Waals surface area contributed by atoms with Crippen LogP contribution in [0.1, 0.15) is 46.5 Å². The Morgan fingerprint density at radius 1 is 1.24 bits per heavy atom. The van der Waals surface area contributed by atoms with Crippen LogP contribution < -0.4 is 5.32 Å². The Bertz CT molecular complexity index is 242. The SMILES string of the molecule is CC(C)(C)OC(=O)NCC1CCC(CBr)CC1. The summed E-state index contributed by atoms with van der Waals surface area (Å²) in [5.74, 6) is 1.45. The molecule has 100 valence electrons. The van der Waals surface area contributed by atoms with Crippen molar-refractivity contribution in [2.45, 2.75) is 52.1 Å². The van der Waals surface area contributed by atoms with E-state index in [4.69, 9.17) is 4.74 Å². The van der Waals surface area contributed by atoms with Gasteiger partial charge in [-0.15, -0.1) is 0 Å². The predicted octanol–water partition coefficient (Wildman–Crippen LogP) is 3.71. The molecule has 1 N–H and O–H groups in total. The molecule has 0 unspecified atom stereocenters. The van der Waals surface area contributed by atoms with E-state index in [1.165, 1.54) is 25.7 Å². The smallest absolute Gasteiger partial charge is 0.407 e. The van der Waals surface area contributed by atoms with Crippen molar-refractivity contribution in [3.05, 3.63) is 0 Å². The van der Waals surface area contributed by atoms with E-state index in [1.807, 2.05) is 20.8 Å². The second kappa shape index (κ2) is 6.62. The Balaban J connectivity index is 2.17. The molecule has 0 aromatic carbocycles. The summed E-state index contributed by atoms with van der Waals surface area (Å²) in [6, 6.07) is 0. The molecule has 1 saturated carbocycles. The molecule has 0 bridgehead atoms. The third-order valence-corrected chi connectivity index (χ3v) is 4.03. The normalized spacial score (nSPS) is 25.4. The fourth-order valence-electron chi connectivity index (χ4n) is 2.13. The minimum absolute atomic E-state index is 0.292. The molecule has 4 heteroatoms. The molecule has 1 fully saturated rings. The lowest BCUT2D eigenvalue weighted by Crippen LogP contribution is -2.36. The zero-order valence-corrected chi connectivity index (χ0v) is 12.7. The molecule has 17 heavy (non-hydrogen) atoms. The van der Waals surface area contributed by atoms with Gasteiger partial charge in [0.15, 0.2) is 0 Å². The first kappa shape index (κ1) is 14.8. The van der Waals surface area contributed by atoms with E-state index in [0.717, 1.165) is 17.8 Å². The minimum atomic E-state index is -0.405. The fraction of sp³-hybridized carbons (Fsp3) is 0.923. The highest BCUT2D eigenvalue weighted by Gasteiger charge is 2.22. The van der Waals surface area contributed by atoms with Crippen molar-refractivity contribution in [2.75, 3.05) is 11.9 Å². The van der Waals surface area contributed by atoms with Crippen molar-refractivity contribution in [2.24, 2.45) is 11.8 Å². The zero-order valence-electron chi connectivity index (χ0n) is 11.1. The molecule has 0 saturated heterocycles. The van der Waals surface area contributed by atoms with Gasteiger partial charge in [-0.2, -0.15) is 0 Å². The predicted molar refractivity (Wildman–Crippen MR) is 73.5 cm³/mol. The summed E-state index contributed by atoms with van der Waals surface area (Å²) in [6.07, 6.45) is 4.68. The lowest BCUT2D eigenvalue weighted by atomic mass is 9.83. The van der Waals surface area contributed by atoms with Crippen molar-refractivity contribution in [3.63, 3.8) is 0 Å². The average Bonchev–Trinajstić information content (AvgIpc) is 2.25. The number of carbonyl (C=O) groups is 1. The van der Waals surface area contributed by atoms with Crippen molar-refractivity contribution >= 4 is 22.0 Å². The number of alkyl halides is 1. The van der Waals surface area contributed by atoms with Crippen LogP contribution in [-0.2, 0) is 4.74 Å². The first-order valence-corrected chi connectivity index (χ1v) is 7.55. The molecule has 1 amide bonds. The molecule has 0 radical (unpaired) electrons. The number of amides is 1. The Kier molecular flexibility index (Phi) is 5.77. The summed E-state index contributed by atoms with van der Waals surface area (Å²) in [5, 5.41) is 3.98. The molecular formula is C13H24BrNO2. The monoisotopic (exact) mass is 305 g/mol. The maximum absolute atomic E-state index is 11.5. The third kappa shape index (κ3) is 6.29. The van der Waals surface area contributed by atoms with Crippen molar-refractivity contribution in [3.8, 4) is 0 Å². The number of ether oxygens (including phenoxy) is 1. The number of hydrogen-bond acceptors (Lipinski definition) is 2. The maximum Gasteiger partial charge on any atom is 0.407 e. The van der Waals surface area contributed by atoms with Crippen LogP contribution in [0.5, 0.6) is 0 Å². The Labute approximate surface area is 113 Å². The number of alkyl carbamates (subject to hydrolysis) is 1. The van der Waals surface area contributed by atoms with Gasteiger partial charge in [-0.25, -0.2) is 4.79 Å². The summed E-state index contributed by atoms with van der Waals surface area (Å²) in [5.41, 5.74) is -0.405. The highest BCUT2D eigenvalue weighted by molar-refractivity contribution is 9.09. The number of carbonyl (C=O) groups excluding carboxylic acids is 1. The van der Waals surface area contributed by atoms with Crippen LogP contribution in [0.25, 0.3) is 0 Å². The second-order valence-corrected chi connectivity index (χ2v) is 6.57. The van der Waals surface area contributed by atoms with Gasteiger partial charge in [0.2, 0.25) is 0 Å². The van der Waals surface area contributed by atoms with Crippen LogP contribution >= 0.6 is 15.9 Å². The van der Waals surface area contributed by atoms with Crippen LogP contribution in [0.2, 0.25) is 0 Å². The van der Waals surface area contributed by atoms with E-state index < -0.39 is 5.60 Å². The van der Waals surface area contributed by atoms with Gasteiger partial charge in [0.1, 0.15) is 5.60 Å². The Morgan fingerprint density at radius 3 is 2.24 bits per heavy atom. The summed E-state index contributed by atoms with van der Waals surface area (Å²) in [4.78, 5) is 11.5. The third-order valence-electron chi connectivity index (χ3n) is 3.12. The number of hydrogen-bond donors (Lipinski definition) is 1.